The van der Waals surface area contributed by atoms with Gasteiger partial charge in [-0.25, -0.2) is 4.98 Å². The molecule has 0 aliphatic carbocycles. The molecule has 6 rings (SSSR count). The van der Waals surface area contributed by atoms with Crippen LogP contribution in [0.5, 0.6) is 0 Å². The van der Waals surface area contributed by atoms with Gasteiger partial charge in [-0.3, -0.25) is 0 Å². The zero-order valence-corrected chi connectivity index (χ0v) is 18.6. The summed E-state index contributed by atoms with van der Waals surface area (Å²) in [5, 5.41) is 11.6. The average Bonchev–Trinajstić information content (AvgIpc) is 3.22. The number of nitrogens with zero attached hydrogens (tertiary/aromatic N) is 5. The molecular weight excluding hydrogens is 442 g/mol. The van der Waals surface area contributed by atoms with E-state index in [9.17, 15) is 5.26 Å². The number of nitriles is 1. The molecule has 0 bridgehead atoms. The molecule has 0 N–H and O–H groups in total. The summed E-state index contributed by atoms with van der Waals surface area (Å²) in [5.41, 5.74) is 5.37. The van der Waals surface area contributed by atoms with Crippen LogP contribution in [0.25, 0.3) is 50.3 Å². The smallest absolute Gasteiger partial charge is 0.226 e. The van der Waals surface area contributed by atoms with Crippen LogP contribution >= 0.6 is 11.6 Å². The largest absolute Gasteiger partial charge is 0.309 e. The highest BCUT2D eigenvalue weighted by Gasteiger charge is 2.16. The molecule has 0 radical (unpaired) electrons. The van der Waals surface area contributed by atoms with Crippen molar-refractivity contribution in [1.82, 2.24) is 19.5 Å². The SMILES string of the molecule is N#Cc1ccc2c(c1)c1ccc(-c3nc(Cl)nc(-c4ccccc4)n3)cc1n2-c1ccccc1. The molecule has 2 heterocycles. The number of halogens is 1. The Labute approximate surface area is 200 Å². The van der Waals surface area contributed by atoms with Crippen molar-refractivity contribution in [3.05, 3.63) is 108 Å². The van der Waals surface area contributed by atoms with Crippen LogP contribution in [0.15, 0.2) is 97.1 Å². The van der Waals surface area contributed by atoms with E-state index in [2.05, 4.69) is 38.8 Å². The van der Waals surface area contributed by atoms with Crippen molar-refractivity contribution in [2.45, 2.75) is 0 Å². The van der Waals surface area contributed by atoms with Gasteiger partial charge in [0, 0.05) is 27.6 Å². The summed E-state index contributed by atoms with van der Waals surface area (Å²) < 4.78 is 2.19. The van der Waals surface area contributed by atoms with E-state index in [1.807, 2.05) is 78.9 Å². The van der Waals surface area contributed by atoms with E-state index in [4.69, 9.17) is 16.6 Å². The highest BCUT2D eigenvalue weighted by atomic mass is 35.5. The zero-order valence-electron chi connectivity index (χ0n) is 17.9. The third-order valence-corrected chi connectivity index (χ3v) is 5.98. The van der Waals surface area contributed by atoms with Gasteiger partial charge < -0.3 is 4.57 Å². The molecule has 34 heavy (non-hydrogen) atoms. The van der Waals surface area contributed by atoms with Gasteiger partial charge in [-0.2, -0.15) is 15.2 Å². The topological polar surface area (TPSA) is 67.4 Å². The Morgan fingerprint density at radius 2 is 1.35 bits per heavy atom. The molecule has 6 aromatic rings. The molecule has 0 saturated heterocycles. The quantitative estimate of drug-likeness (QED) is 0.292. The van der Waals surface area contributed by atoms with E-state index >= 15 is 0 Å². The van der Waals surface area contributed by atoms with Crippen molar-refractivity contribution in [1.29, 1.82) is 5.26 Å². The fourth-order valence-corrected chi connectivity index (χ4v) is 4.44. The van der Waals surface area contributed by atoms with Gasteiger partial charge in [-0.05, 0) is 48.0 Å². The first-order chi connectivity index (χ1) is 16.7. The third-order valence-electron chi connectivity index (χ3n) is 5.81. The lowest BCUT2D eigenvalue weighted by Crippen LogP contribution is -1.98. The second kappa shape index (κ2) is 8.11. The maximum Gasteiger partial charge on any atom is 0.226 e. The molecule has 160 valence electrons. The van der Waals surface area contributed by atoms with Crippen molar-refractivity contribution in [2.75, 3.05) is 0 Å². The van der Waals surface area contributed by atoms with Gasteiger partial charge in [-0.15, -0.1) is 0 Å². The molecule has 6 heteroatoms. The Kier molecular flexibility index (Phi) is 4.80. The Morgan fingerprint density at radius 1 is 0.647 bits per heavy atom. The Bertz CT molecular complexity index is 1720. The molecule has 0 unspecified atom stereocenters. The number of hydrogen-bond donors (Lipinski definition) is 0. The summed E-state index contributed by atoms with van der Waals surface area (Å²) in [6, 6.07) is 34.0. The molecule has 0 aliphatic rings. The fraction of sp³-hybridized carbons (Fsp3) is 0. The zero-order chi connectivity index (χ0) is 23.1. The van der Waals surface area contributed by atoms with Crippen LogP contribution in [0, 0.1) is 11.3 Å². The molecule has 0 spiro atoms. The Balaban J connectivity index is 1.61. The normalized spacial score (nSPS) is 11.1. The second-order valence-corrected chi connectivity index (χ2v) is 8.20. The van der Waals surface area contributed by atoms with E-state index in [0.29, 0.717) is 17.2 Å². The van der Waals surface area contributed by atoms with Crippen molar-refractivity contribution < 1.29 is 0 Å². The van der Waals surface area contributed by atoms with Gasteiger partial charge in [0.05, 0.1) is 22.7 Å². The van der Waals surface area contributed by atoms with Gasteiger partial charge in [0.25, 0.3) is 0 Å². The van der Waals surface area contributed by atoms with Gasteiger partial charge in [0.1, 0.15) is 0 Å². The van der Waals surface area contributed by atoms with Crippen LogP contribution < -0.4 is 0 Å². The monoisotopic (exact) mass is 457 g/mol. The average molecular weight is 458 g/mol. The van der Waals surface area contributed by atoms with Crippen LogP contribution in [0.2, 0.25) is 5.28 Å². The van der Waals surface area contributed by atoms with Gasteiger partial charge in [-0.1, -0.05) is 60.7 Å². The minimum absolute atomic E-state index is 0.145. The molecule has 4 aromatic carbocycles. The predicted octanol–water partition coefficient (Wildman–Crippen LogP) is 6.83. The van der Waals surface area contributed by atoms with Crippen LogP contribution in [0.1, 0.15) is 5.56 Å². The number of hydrogen-bond acceptors (Lipinski definition) is 4. The van der Waals surface area contributed by atoms with E-state index in [1.165, 1.54) is 0 Å². The lowest BCUT2D eigenvalue weighted by molar-refractivity contribution is 1.07. The molecule has 0 saturated carbocycles. The van der Waals surface area contributed by atoms with Gasteiger partial charge in [0.2, 0.25) is 5.28 Å². The summed E-state index contributed by atoms with van der Waals surface area (Å²) >= 11 is 6.29. The first-order valence-electron chi connectivity index (χ1n) is 10.7. The Hall–Kier alpha value is -4.53. The molecule has 0 aliphatic heterocycles. The highest BCUT2D eigenvalue weighted by molar-refractivity contribution is 6.28. The number of para-hydroxylation sites is 1. The molecule has 2 aromatic heterocycles. The highest BCUT2D eigenvalue weighted by Crippen LogP contribution is 2.35. The van der Waals surface area contributed by atoms with E-state index in [-0.39, 0.29) is 5.28 Å². The third kappa shape index (κ3) is 3.38. The summed E-state index contributed by atoms with van der Waals surface area (Å²) in [7, 11) is 0. The standard InChI is InChI=1S/C28H16ClN5/c29-28-32-26(19-7-3-1-4-8-19)31-27(33-28)20-12-13-22-23-15-18(17-30)11-14-24(23)34(25(22)16-20)21-9-5-2-6-10-21/h1-16H. The van der Waals surface area contributed by atoms with Crippen molar-refractivity contribution >= 4 is 33.4 Å². The first-order valence-corrected chi connectivity index (χ1v) is 11.1. The maximum atomic E-state index is 9.44. The number of benzene rings is 4. The number of fused-ring (bicyclic) bond motifs is 3. The molecule has 0 fully saturated rings. The first kappa shape index (κ1) is 20.1. The van der Waals surface area contributed by atoms with Crippen LogP contribution in [0.4, 0.5) is 0 Å². The Morgan fingerprint density at radius 3 is 2.09 bits per heavy atom. The van der Waals surface area contributed by atoms with E-state index in [0.717, 1.165) is 38.6 Å². The van der Waals surface area contributed by atoms with Crippen LogP contribution in [0.3, 0.4) is 0 Å². The molecular formula is C28H16ClN5. The van der Waals surface area contributed by atoms with Crippen molar-refractivity contribution in [2.24, 2.45) is 0 Å². The van der Waals surface area contributed by atoms with Gasteiger partial charge >= 0.3 is 0 Å². The summed E-state index contributed by atoms with van der Waals surface area (Å²) in [6.07, 6.45) is 0. The molecule has 0 amide bonds. The minimum Gasteiger partial charge on any atom is -0.309 e. The van der Waals surface area contributed by atoms with E-state index in [1.54, 1.807) is 0 Å². The summed E-state index contributed by atoms with van der Waals surface area (Å²) in [5.74, 6) is 1.03. The summed E-state index contributed by atoms with van der Waals surface area (Å²) in [6.45, 7) is 0. The molecule has 5 nitrogen and oxygen atoms in total. The number of aromatic nitrogens is 4. The van der Waals surface area contributed by atoms with Crippen molar-refractivity contribution in [3.8, 4) is 34.5 Å². The van der Waals surface area contributed by atoms with Gasteiger partial charge in [0.15, 0.2) is 11.6 Å². The van der Waals surface area contributed by atoms with Crippen LogP contribution in [-0.2, 0) is 0 Å². The maximum absolute atomic E-state index is 9.44. The summed E-state index contributed by atoms with van der Waals surface area (Å²) in [4.78, 5) is 13.4. The van der Waals surface area contributed by atoms with Crippen molar-refractivity contribution in [3.63, 3.8) is 0 Å². The molecule has 0 atom stereocenters. The second-order valence-electron chi connectivity index (χ2n) is 7.86. The fourth-order valence-electron chi connectivity index (χ4n) is 4.28. The lowest BCUT2D eigenvalue weighted by atomic mass is 10.1. The lowest BCUT2D eigenvalue weighted by Gasteiger charge is -2.09. The minimum atomic E-state index is 0.145. The van der Waals surface area contributed by atoms with Crippen LogP contribution in [-0.4, -0.2) is 19.5 Å². The number of rotatable bonds is 3. The van der Waals surface area contributed by atoms with E-state index < -0.39 is 0 Å². The predicted molar refractivity (Wildman–Crippen MR) is 135 cm³/mol.